The number of ether oxygens (including phenoxy) is 2. The molecule has 1 saturated carbocycles. The zero-order valence-corrected chi connectivity index (χ0v) is 14.9. The molecule has 0 radical (unpaired) electrons. The summed E-state index contributed by atoms with van der Waals surface area (Å²) in [6.45, 7) is 1.75. The summed E-state index contributed by atoms with van der Waals surface area (Å²) in [5, 5.41) is 10.9. The lowest BCUT2D eigenvalue weighted by molar-refractivity contribution is -0.149. The van der Waals surface area contributed by atoms with Gasteiger partial charge >= 0.3 is 5.97 Å². The molecule has 2 atom stereocenters. The van der Waals surface area contributed by atoms with Crippen molar-refractivity contribution in [1.82, 2.24) is 0 Å². The second-order valence-electron chi connectivity index (χ2n) is 6.16. The maximum atomic E-state index is 11.9. The summed E-state index contributed by atoms with van der Waals surface area (Å²) in [6, 6.07) is 7.87. The first kappa shape index (κ1) is 18.1. The number of esters is 1. The molecule has 4 nitrogen and oxygen atoms in total. The van der Waals surface area contributed by atoms with Gasteiger partial charge in [0, 0.05) is 9.64 Å². The van der Waals surface area contributed by atoms with Crippen molar-refractivity contribution in [2.45, 2.75) is 54.8 Å². The number of rotatable bonds is 6. The van der Waals surface area contributed by atoms with Gasteiger partial charge in [-0.05, 0) is 44.0 Å². The summed E-state index contributed by atoms with van der Waals surface area (Å²) >= 11 is 1.68. The van der Waals surface area contributed by atoms with Gasteiger partial charge in [-0.2, -0.15) is 0 Å². The Labute approximate surface area is 142 Å². The van der Waals surface area contributed by atoms with Crippen LogP contribution in [0.3, 0.4) is 0 Å². The molecule has 1 aliphatic rings. The molecule has 0 amide bonds. The molecule has 0 spiro atoms. The van der Waals surface area contributed by atoms with Crippen molar-refractivity contribution in [3.05, 3.63) is 24.3 Å². The quantitative estimate of drug-likeness (QED) is 0.802. The van der Waals surface area contributed by atoms with Crippen LogP contribution in [0.4, 0.5) is 0 Å². The molecule has 0 aromatic heterocycles. The van der Waals surface area contributed by atoms with Gasteiger partial charge in [-0.25, -0.2) is 0 Å². The van der Waals surface area contributed by atoms with Gasteiger partial charge in [0.25, 0.3) is 0 Å². The van der Waals surface area contributed by atoms with Gasteiger partial charge < -0.3 is 14.6 Å². The van der Waals surface area contributed by atoms with Crippen molar-refractivity contribution >= 4 is 17.7 Å². The van der Waals surface area contributed by atoms with Crippen LogP contribution in [0.25, 0.3) is 0 Å². The predicted molar refractivity (Wildman–Crippen MR) is 91.9 cm³/mol. The number of aliphatic hydroxyl groups excluding tert-OH is 1. The third kappa shape index (κ3) is 4.21. The molecule has 128 valence electrons. The zero-order valence-electron chi connectivity index (χ0n) is 14.1. The largest absolute Gasteiger partial charge is 0.497 e. The fourth-order valence-electron chi connectivity index (χ4n) is 3.26. The number of hydrogen-bond donors (Lipinski definition) is 1. The molecule has 0 saturated heterocycles. The van der Waals surface area contributed by atoms with E-state index in [2.05, 4.69) is 0 Å². The van der Waals surface area contributed by atoms with Gasteiger partial charge in [0.15, 0.2) is 0 Å². The minimum absolute atomic E-state index is 0.333. The van der Waals surface area contributed by atoms with Crippen molar-refractivity contribution < 1.29 is 19.4 Å². The Hall–Kier alpha value is -1.20. The Morgan fingerprint density at radius 1 is 1.17 bits per heavy atom. The van der Waals surface area contributed by atoms with Crippen LogP contribution >= 0.6 is 11.8 Å². The van der Waals surface area contributed by atoms with E-state index in [1.807, 2.05) is 24.3 Å². The molecular weight excluding hydrogens is 312 g/mol. The third-order valence-corrected chi connectivity index (χ3v) is 6.23. The molecular formula is C18H26O4S. The van der Waals surface area contributed by atoms with E-state index < -0.39 is 12.0 Å². The highest BCUT2D eigenvalue weighted by Crippen LogP contribution is 2.48. The fourth-order valence-corrected chi connectivity index (χ4v) is 4.82. The summed E-state index contributed by atoms with van der Waals surface area (Å²) < 4.78 is 9.69. The summed E-state index contributed by atoms with van der Waals surface area (Å²) in [5.74, 6) is -0.0582. The van der Waals surface area contributed by atoms with Crippen molar-refractivity contribution in [2.24, 2.45) is 5.92 Å². The van der Waals surface area contributed by atoms with E-state index in [0.29, 0.717) is 0 Å². The fraction of sp³-hybridized carbons (Fsp3) is 0.611. The van der Waals surface area contributed by atoms with Gasteiger partial charge in [-0.1, -0.05) is 19.3 Å². The Kier molecular flexibility index (Phi) is 6.36. The van der Waals surface area contributed by atoms with Crippen LogP contribution in [0.2, 0.25) is 0 Å². The topological polar surface area (TPSA) is 55.8 Å². The van der Waals surface area contributed by atoms with Crippen LogP contribution in [0.5, 0.6) is 5.75 Å². The van der Waals surface area contributed by atoms with Crippen LogP contribution < -0.4 is 4.74 Å². The van der Waals surface area contributed by atoms with Crippen LogP contribution in [-0.4, -0.2) is 36.1 Å². The summed E-state index contributed by atoms with van der Waals surface area (Å²) in [5.41, 5.74) is 0. The van der Waals surface area contributed by atoms with E-state index in [9.17, 15) is 9.90 Å². The molecule has 0 aliphatic heterocycles. The normalized spacial score (nSPS) is 19.7. The van der Waals surface area contributed by atoms with E-state index >= 15 is 0 Å². The van der Waals surface area contributed by atoms with Gasteiger partial charge in [-0.3, -0.25) is 4.79 Å². The van der Waals surface area contributed by atoms with Gasteiger partial charge in [0.2, 0.25) is 0 Å². The molecule has 1 aromatic carbocycles. The van der Waals surface area contributed by atoms with E-state index in [-0.39, 0.29) is 10.7 Å². The van der Waals surface area contributed by atoms with Gasteiger partial charge in [0.05, 0.1) is 26.2 Å². The SMILES string of the molecule is COC(=O)[C@@H](C)[C@H](O)C1(Sc2ccc(OC)cc2)CCCCC1. The molecule has 5 heteroatoms. The number of benzene rings is 1. The monoisotopic (exact) mass is 338 g/mol. The van der Waals surface area contributed by atoms with E-state index in [1.165, 1.54) is 13.5 Å². The first-order valence-corrected chi connectivity index (χ1v) is 8.93. The van der Waals surface area contributed by atoms with Crippen LogP contribution in [-0.2, 0) is 9.53 Å². The molecule has 0 bridgehead atoms. The first-order chi connectivity index (χ1) is 11.0. The summed E-state index contributed by atoms with van der Waals surface area (Å²) in [7, 11) is 3.02. The summed E-state index contributed by atoms with van der Waals surface area (Å²) in [4.78, 5) is 13.0. The van der Waals surface area contributed by atoms with E-state index in [4.69, 9.17) is 9.47 Å². The standard InChI is InChI=1S/C18H26O4S/c1-13(17(20)22-3)16(19)18(11-5-4-6-12-18)23-15-9-7-14(21-2)8-10-15/h7-10,13,16,19H,4-6,11-12H2,1-3H3/t13-,16-/m0/s1. The average Bonchev–Trinajstić information content (AvgIpc) is 2.61. The van der Waals surface area contributed by atoms with Crippen LogP contribution in [0, 0.1) is 5.92 Å². The Morgan fingerprint density at radius 3 is 2.30 bits per heavy atom. The number of carbonyl (C=O) groups is 1. The maximum Gasteiger partial charge on any atom is 0.311 e. The van der Waals surface area contributed by atoms with Crippen molar-refractivity contribution in [3.63, 3.8) is 0 Å². The molecule has 0 heterocycles. The second-order valence-corrected chi connectivity index (χ2v) is 7.65. The number of thioether (sulfide) groups is 1. The number of hydrogen-bond acceptors (Lipinski definition) is 5. The highest BCUT2D eigenvalue weighted by Gasteiger charge is 2.44. The summed E-state index contributed by atoms with van der Waals surface area (Å²) in [6.07, 6.45) is 4.44. The zero-order chi connectivity index (χ0) is 16.9. The number of methoxy groups -OCH3 is 2. The molecule has 1 aromatic rings. The highest BCUT2D eigenvalue weighted by molar-refractivity contribution is 8.00. The minimum atomic E-state index is -0.720. The number of aliphatic hydroxyl groups is 1. The van der Waals surface area contributed by atoms with Crippen LogP contribution in [0.15, 0.2) is 29.2 Å². The van der Waals surface area contributed by atoms with Gasteiger partial charge in [-0.15, -0.1) is 11.8 Å². The van der Waals surface area contributed by atoms with Crippen molar-refractivity contribution in [1.29, 1.82) is 0 Å². The Balaban J connectivity index is 2.22. The molecule has 1 aliphatic carbocycles. The molecule has 2 rings (SSSR count). The average molecular weight is 338 g/mol. The Bertz CT molecular complexity index is 508. The second kappa shape index (κ2) is 8.06. The van der Waals surface area contributed by atoms with Crippen molar-refractivity contribution in [3.8, 4) is 5.75 Å². The lowest BCUT2D eigenvalue weighted by Crippen LogP contribution is -2.47. The van der Waals surface area contributed by atoms with Crippen molar-refractivity contribution in [2.75, 3.05) is 14.2 Å². The molecule has 0 unspecified atom stereocenters. The smallest absolute Gasteiger partial charge is 0.311 e. The van der Waals surface area contributed by atoms with E-state index in [1.54, 1.807) is 25.8 Å². The molecule has 1 fully saturated rings. The Morgan fingerprint density at radius 2 is 1.78 bits per heavy atom. The van der Waals surface area contributed by atoms with E-state index in [0.717, 1.165) is 36.3 Å². The maximum absolute atomic E-state index is 11.9. The first-order valence-electron chi connectivity index (χ1n) is 8.11. The predicted octanol–water partition coefficient (Wildman–Crippen LogP) is 3.66. The number of carbonyl (C=O) groups excluding carboxylic acids is 1. The van der Waals surface area contributed by atoms with Crippen LogP contribution in [0.1, 0.15) is 39.0 Å². The minimum Gasteiger partial charge on any atom is -0.497 e. The lowest BCUT2D eigenvalue weighted by Gasteiger charge is -2.42. The van der Waals surface area contributed by atoms with Gasteiger partial charge in [0.1, 0.15) is 5.75 Å². The molecule has 1 N–H and O–H groups in total. The highest BCUT2D eigenvalue weighted by atomic mass is 32.2. The third-order valence-electron chi connectivity index (χ3n) is 4.67. The lowest BCUT2D eigenvalue weighted by atomic mass is 9.80. The molecule has 23 heavy (non-hydrogen) atoms.